The highest BCUT2D eigenvalue weighted by molar-refractivity contribution is 9.10. The quantitative estimate of drug-likeness (QED) is 0.826. The monoisotopic (exact) mass is 395 g/mol. The number of hydrogen-bond acceptors (Lipinski definition) is 4. The van der Waals surface area contributed by atoms with Gasteiger partial charge in [-0.3, -0.25) is 4.72 Å². The molecule has 0 unspecified atom stereocenters. The first-order chi connectivity index (χ1) is 9.31. The summed E-state index contributed by atoms with van der Waals surface area (Å²) in [5.74, 6) is -1.14. The van der Waals surface area contributed by atoms with Gasteiger partial charge in [0.05, 0.1) is 16.3 Å². The van der Waals surface area contributed by atoms with Crippen LogP contribution < -0.4 is 4.72 Å². The van der Waals surface area contributed by atoms with E-state index in [-0.39, 0.29) is 20.5 Å². The van der Waals surface area contributed by atoms with E-state index in [0.29, 0.717) is 4.47 Å². The number of aromatic carboxylic acids is 1. The van der Waals surface area contributed by atoms with E-state index in [2.05, 4.69) is 20.7 Å². The fraction of sp³-hybridized carbons (Fsp3) is 0. The average Bonchev–Trinajstić information content (AvgIpc) is 2.78. The average molecular weight is 397 g/mol. The normalized spacial score (nSPS) is 11.3. The van der Waals surface area contributed by atoms with Crippen LogP contribution in [-0.2, 0) is 10.0 Å². The Labute approximate surface area is 132 Å². The second-order valence-electron chi connectivity index (χ2n) is 3.66. The number of sulfonamides is 1. The molecule has 2 N–H and O–H groups in total. The number of anilines is 1. The molecule has 0 aliphatic heterocycles. The van der Waals surface area contributed by atoms with E-state index in [9.17, 15) is 13.2 Å². The van der Waals surface area contributed by atoms with Crippen molar-refractivity contribution in [3.8, 4) is 0 Å². The molecule has 0 bridgehead atoms. The minimum Gasteiger partial charge on any atom is -0.478 e. The molecule has 2 aromatic rings. The Morgan fingerprint density at radius 1 is 1.35 bits per heavy atom. The molecule has 0 aliphatic carbocycles. The van der Waals surface area contributed by atoms with Crippen LogP contribution in [0.1, 0.15) is 10.4 Å². The summed E-state index contributed by atoms with van der Waals surface area (Å²) in [6.07, 6.45) is 0. The molecule has 106 valence electrons. The number of thiophene rings is 1. The number of halogens is 2. The van der Waals surface area contributed by atoms with Crippen molar-refractivity contribution in [2.24, 2.45) is 0 Å². The number of carbonyl (C=O) groups is 1. The zero-order valence-corrected chi connectivity index (χ0v) is 13.6. The molecule has 9 heteroatoms. The third-order valence-electron chi connectivity index (χ3n) is 2.29. The number of rotatable bonds is 4. The molecule has 0 amide bonds. The van der Waals surface area contributed by atoms with Gasteiger partial charge in [-0.25, -0.2) is 13.2 Å². The fourth-order valence-electron chi connectivity index (χ4n) is 1.39. The number of carboxylic acid groups (broad SMARTS) is 1. The zero-order valence-electron chi connectivity index (χ0n) is 9.63. The molecule has 0 fully saturated rings. The minimum atomic E-state index is -3.77. The molecule has 0 aliphatic rings. The van der Waals surface area contributed by atoms with Crippen LogP contribution in [0.4, 0.5) is 5.69 Å². The molecule has 0 radical (unpaired) electrons. The van der Waals surface area contributed by atoms with Crippen molar-refractivity contribution in [1.82, 2.24) is 0 Å². The largest absolute Gasteiger partial charge is 0.478 e. The molecule has 1 aromatic carbocycles. The molecule has 0 spiro atoms. The molecule has 0 saturated carbocycles. The summed E-state index contributed by atoms with van der Waals surface area (Å²) >= 11 is 10.1. The third kappa shape index (κ3) is 3.14. The van der Waals surface area contributed by atoms with Crippen LogP contribution in [0.25, 0.3) is 0 Å². The lowest BCUT2D eigenvalue weighted by Gasteiger charge is -2.09. The van der Waals surface area contributed by atoms with Gasteiger partial charge in [-0.2, -0.15) is 0 Å². The second-order valence-corrected chi connectivity index (χ2v) is 7.72. The fourth-order valence-corrected chi connectivity index (χ4v) is 5.10. The van der Waals surface area contributed by atoms with Gasteiger partial charge in [-0.05, 0) is 45.6 Å². The van der Waals surface area contributed by atoms with Gasteiger partial charge < -0.3 is 5.11 Å². The first kappa shape index (κ1) is 15.3. The van der Waals surface area contributed by atoms with Crippen LogP contribution in [-0.4, -0.2) is 19.5 Å². The Bertz CT molecular complexity index is 772. The van der Waals surface area contributed by atoms with Gasteiger partial charge in [0.15, 0.2) is 4.21 Å². The number of nitrogens with one attached hydrogen (secondary N) is 1. The Kier molecular flexibility index (Phi) is 4.38. The van der Waals surface area contributed by atoms with Crippen molar-refractivity contribution < 1.29 is 18.3 Å². The van der Waals surface area contributed by atoms with E-state index >= 15 is 0 Å². The van der Waals surface area contributed by atoms with Crippen LogP contribution in [0.3, 0.4) is 0 Å². The van der Waals surface area contributed by atoms with Crippen LogP contribution in [0, 0.1) is 0 Å². The van der Waals surface area contributed by atoms with E-state index in [1.807, 2.05) is 0 Å². The summed E-state index contributed by atoms with van der Waals surface area (Å²) in [4.78, 5) is 10.8. The summed E-state index contributed by atoms with van der Waals surface area (Å²) in [5, 5.41) is 10.5. The summed E-state index contributed by atoms with van der Waals surface area (Å²) in [5.41, 5.74) is 0.104. The third-order valence-corrected chi connectivity index (χ3v) is 6.64. The highest BCUT2D eigenvalue weighted by Gasteiger charge is 2.20. The maximum atomic E-state index is 12.1. The summed E-state index contributed by atoms with van der Waals surface area (Å²) in [6.45, 7) is 0. The SMILES string of the molecule is O=C(O)c1ccc(NS(=O)(=O)c2sccc2Br)c(Cl)c1. The van der Waals surface area contributed by atoms with E-state index in [1.165, 1.54) is 18.2 Å². The topological polar surface area (TPSA) is 83.5 Å². The predicted molar refractivity (Wildman–Crippen MR) is 81.2 cm³/mol. The molecule has 20 heavy (non-hydrogen) atoms. The van der Waals surface area contributed by atoms with Gasteiger partial charge in [0, 0.05) is 4.47 Å². The van der Waals surface area contributed by atoms with Crippen molar-refractivity contribution in [1.29, 1.82) is 0 Å². The Morgan fingerprint density at radius 3 is 2.55 bits per heavy atom. The smallest absolute Gasteiger partial charge is 0.335 e. The number of hydrogen-bond donors (Lipinski definition) is 2. The van der Waals surface area contributed by atoms with Gasteiger partial charge in [0.25, 0.3) is 10.0 Å². The molecule has 5 nitrogen and oxygen atoms in total. The molecule has 2 rings (SSSR count). The maximum Gasteiger partial charge on any atom is 0.335 e. The van der Waals surface area contributed by atoms with Crippen molar-refractivity contribution in [3.63, 3.8) is 0 Å². The van der Waals surface area contributed by atoms with Gasteiger partial charge in [0.1, 0.15) is 0 Å². The lowest BCUT2D eigenvalue weighted by Crippen LogP contribution is -2.12. The van der Waals surface area contributed by atoms with Crippen molar-refractivity contribution in [2.45, 2.75) is 4.21 Å². The van der Waals surface area contributed by atoms with Crippen molar-refractivity contribution in [2.75, 3.05) is 4.72 Å². The highest BCUT2D eigenvalue weighted by atomic mass is 79.9. The predicted octanol–water partition coefficient (Wildman–Crippen LogP) is 3.66. The Hall–Kier alpha value is -1.09. The van der Waals surface area contributed by atoms with Crippen molar-refractivity contribution in [3.05, 3.63) is 44.7 Å². The highest BCUT2D eigenvalue weighted by Crippen LogP contribution is 2.31. The Balaban J connectivity index is 2.36. The van der Waals surface area contributed by atoms with E-state index < -0.39 is 16.0 Å². The van der Waals surface area contributed by atoms with Crippen LogP contribution in [0.2, 0.25) is 5.02 Å². The molecular weight excluding hydrogens is 390 g/mol. The van der Waals surface area contributed by atoms with Crippen molar-refractivity contribution >= 4 is 60.5 Å². The molecule has 1 aromatic heterocycles. The lowest BCUT2D eigenvalue weighted by molar-refractivity contribution is 0.0697. The second kappa shape index (κ2) is 5.72. The lowest BCUT2D eigenvalue weighted by atomic mass is 10.2. The molecule has 0 atom stereocenters. The molecule has 1 heterocycles. The van der Waals surface area contributed by atoms with Gasteiger partial charge in [-0.1, -0.05) is 11.6 Å². The number of benzene rings is 1. The molecular formula is C11H7BrClNO4S2. The standard InChI is InChI=1S/C11H7BrClNO4S2/c12-7-3-4-19-11(7)20(17,18)14-9-2-1-6(10(15)16)5-8(9)13/h1-5,14H,(H,15,16). The van der Waals surface area contributed by atoms with E-state index in [4.69, 9.17) is 16.7 Å². The summed E-state index contributed by atoms with van der Waals surface area (Å²) in [7, 11) is -3.77. The summed E-state index contributed by atoms with van der Waals surface area (Å²) < 4.78 is 27.2. The van der Waals surface area contributed by atoms with Gasteiger partial charge >= 0.3 is 5.97 Å². The van der Waals surface area contributed by atoms with Crippen LogP contribution in [0.15, 0.2) is 38.3 Å². The maximum absolute atomic E-state index is 12.1. The van der Waals surface area contributed by atoms with Crippen LogP contribution >= 0.6 is 38.9 Å². The van der Waals surface area contributed by atoms with Crippen LogP contribution in [0.5, 0.6) is 0 Å². The van der Waals surface area contributed by atoms with Gasteiger partial charge in [-0.15, -0.1) is 11.3 Å². The van der Waals surface area contributed by atoms with E-state index in [0.717, 1.165) is 11.3 Å². The first-order valence-corrected chi connectivity index (χ1v) is 8.63. The van der Waals surface area contributed by atoms with E-state index in [1.54, 1.807) is 11.4 Å². The first-order valence-electron chi connectivity index (χ1n) is 5.10. The zero-order chi connectivity index (χ0) is 14.9. The minimum absolute atomic E-state index is 0.0150. The van der Waals surface area contributed by atoms with Gasteiger partial charge in [0.2, 0.25) is 0 Å². The molecule has 0 saturated heterocycles. The Morgan fingerprint density at radius 2 is 2.05 bits per heavy atom. The number of carboxylic acids is 1. The summed E-state index contributed by atoms with van der Waals surface area (Å²) in [6, 6.07) is 5.39.